The highest BCUT2D eigenvalue weighted by atomic mass is 16.6. The van der Waals surface area contributed by atoms with Crippen LogP contribution in [0.1, 0.15) is 245 Å². The highest BCUT2D eigenvalue weighted by molar-refractivity contribution is 5.71. The van der Waals surface area contributed by atoms with Crippen LogP contribution in [0.2, 0.25) is 0 Å². The fourth-order valence-corrected chi connectivity index (χ4v) is 6.86. The summed E-state index contributed by atoms with van der Waals surface area (Å²) in [5.41, 5.74) is 0. The SMILES string of the molecule is CC/C=C\C/C=C\C/C=C\CCCCCC(=O)OC(COC(=O)CCCCCCC/C=C\CCCCCC)COC(=O)CCCCCCCCCCCCCCCC. The summed E-state index contributed by atoms with van der Waals surface area (Å²) in [5.74, 6) is -0.920. The van der Waals surface area contributed by atoms with Crippen LogP contribution >= 0.6 is 0 Å². The number of hydrogen-bond donors (Lipinski definition) is 0. The van der Waals surface area contributed by atoms with Crippen LogP contribution in [-0.4, -0.2) is 37.2 Å². The van der Waals surface area contributed by atoms with Crippen molar-refractivity contribution in [1.29, 1.82) is 0 Å². The van der Waals surface area contributed by atoms with Gasteiger partial charge in [-0.1, -0.05) is 198 Å². The lowest BCUT2D eigenvalue weighted by molar-refractivity contribution is -0.167. The van der Waals surface area contributed by atoms with E-state index in [1.54, 1.807) is 0 Å². The quantitative estimate of drug-likeness (QED) is 0.0264. The normalized spacial score (nSPS) is 12.4. The number of esters is 3. The van der Waals surface area contributed by atoms with Crippen LogP contribution in [0.25, 0.3) is 0 Å². The van der Waals surface area contributed by atoms with Gasteiger partial charge >= 0.3 is 17.9 Å². The maximum atomic E-state index is 12.7. The maximum Gasteiger partial charge on any atom is 0.306 e. The zero-order chi connectivity index (χ0) is 42.3. The second-order valence-electron chi connectivity index (χ2n) is 16.3. The number of carbonyl (C=O) groups excluding carboxylic acids is 3. The Kier molecular flexibility index (Phi) is 44.9. The molecule has 0 rings (SSSR count). The molecule has 0 saturated heterocycles. The van der Waals surface area contributed by atoms with Gasteiger partial charge in [0.15, 0.2) is 6.10 Å². The Balaban J connectivity index is 4.41. The van der Waals surface area contributed by atoms with Gasteiger partial charge < -0.3 is 14.2 Å². The molecule has 1 unspecified atom stereocenters. The molecule has 0 N–H and O–H groups in total. The van der Waals surface area contributed by atoms with Crippen LogP contribution in [0.4, 0.5) is 0 Å². The lowest BCUT2D eigenvalue weighted by Crippen LogP contribution is -2.30. The van der Waals surface area contributed by atoms with E-state index in [-0.39, 0.29) is 31.1 Å². The molecule has 0 saturated carbocycles. The van der Waals surface area contributed by atoms with Gasteiger partial charge in [-0.2, -0.15) is 0 Å². The molecule has 0 aromatic rings. The highest BCUT2D eigenvalue weighted by Crippen LogP contribution is 2.15. The molecule has 0 heterocycles. The van der Waals surface area contributed by atoms with E-state index < -0.39 is 6.10 Å². The Bertz CT molecular complexity index is 1030. The minimum absolute atomic E-state index is 0.0855. The van der Waals surface area contributed by atoms with Crippen LogP contribution in [0, 0.1) is 0 Å². The fraction of sp³-hybridized carbons (Fsp3) is 0.788. The second kappa shape index (κ2) is 47.1. The van der Waals surface area contributed by atoms with Crippen LogP contribution < -0.4 is 0 Å². The number of ether oxygens (including phenoxy) is 3. The summed E-state index contributed by atoms with van der Waals surface area (Å²) < 4.78 is 16.7. The molecule has 0 amide bonds. The summed E-state index contributed by atoms with van der Waals surface area (Å²) in [7, 11) is 0. The van der Waals surface area contributed by atoms with Gasteiger partial charge in [0.05, 0.1) is 0 Å². The first-order valence-corrected chi connectivity index (χ1v) is 24.6. The van der Waals surface area contributed by atoms with Gasteiger partial charge in [0.1, 0.15) is 13.2 Å². The summed E-state index contributed by atoms with van der Waals surface area (Å²) in [6, 6.07) is 0. The summed E-state index contributed by atoms with van der Waals surface area (Å²) in [6.07, 6.45) is 55.2. The van der Waals surface area contributed by atoms with E-state index in [9.17, 15) is 14.4 Å². The Morgan fingerprint density at radius 3 is 1.10 bits per heavy atom. The summed E-state index contributed by atoms with van der Waals surface area (Å²) >= 11 is 0. The standard InChI is InChI=1S/C52H92O6/c1-4-7-10-13-16-19-22-25-28-30-33-36-39-42-45-51(54)57-48-49(58-52(55)46-43-40-37-34-31-27-24-21-18-15-12-9-6-3)47-56-50(53)44-41-38-35-32-29-26-23-20-17-14-11-8-5-2/h9,12,18,20-21,23,27,31,49H,4-8,10-11,13-17,19,22,24-26,28-30,32-48H2,1-3H3/b12-9-,21-18-,23-20-,31-27-. The fourth-order valence-electron chi connectivity index (χ4n) is 6.86. The molecule has 0 aromatic carbocycles. The monoisotopic (exact) mass is 813 g/mol. The van der Waals surface area contributed by atoms with Gasteiger partial charge in [0.25, 0.3) is 0 Å². The summed E-state index contributed by atoms with van der Waals surface area (Å²) in [6.45, 7) is 6.48. The average Bonchev–Trinajstić information content (AvgIpc) is 3.22. The van der Waals surface area contributed by atoms with Crippen LogP contribution in [0.5, 0.6) is 0 Å². The van der Waals surface area contributed by atoms with Gasteiger partial charge in [-0.05, 0) is 77.0 Å². The topological polar surface area (TPSA) is 78.9 Å². The van der Waals surface area contributed by atoms with E-state index in [1.807, 2.05) is 0 Å². The number of unbranched alkanes of at least 4 members (excludes halogenated alkanes) is 25. The number of rotatable bonds is 44. The Hall–Kier alpha value is -2.63. The van der Waals surface area contributed by atoms with Crippen molar-refractivity contribution in [2.24, 2.45) is 0 Å². The van der Waals surface area contributed by atoms with Crippen molar-refractivity contribution >= 4 is 17.9 Å². The maximum absolute atomic E-state index is 12.7. The third-order valence-electron chi connectivity index (χ3n) is 10.6. The zero-order valence-electron chi connectivity index (χ0n) is 38.3. The van der Waals surface area contributed by atoms with E-state index in [0.717, 1.165) is 89.9 Å². The third kappa shape index (κ3) is 44.5. The van der Waals surface area contributed by atoms with Gasteiger partial charge in [0.2, 0.25) is 0 Å². The largest absolute Gasteiger partial charge is 0.462 e. The number of allylic oxidation sites excluding steroid dienone is 8. The Labute approximate surface area is 358 Å². The average molecular weight is 813 g/mol. The highest BCUT2D eigenvalue weighted by Gasteiger charge is 2.19. The van der Waals surface area contributed by atoms with E-state index in [2.05, 4.69) is 69.4 Å². The molecule has 336 valence electrons. The molecule has 0 aromatic heterocycles. The van der Waals surface area contributed by atoms with Gasteiger partial charge in [0, 0.05) is 19.3 Å². The van der Waals surface area contributed by atoms with Crippen molar-refractivity contribution < 1.29 is 28.6 Å². The van der Waals surface area contributed by atoms with Crippen molar-refractivity contribution in [1.82, 2.24) is 0 Å². The van der Waals surface area contributed by atoms with Crippen molar-refractivity contribution in [2.45, 2.75) is 252 Å². The molecule has 0 radical (unpaired) electrons. The molecule has 6 heteroatoms. The van der Waals surface area contributed by atoms with Crippen LogP contribution in [-0.2, 0) is 28.6 Å². The zero-order valence-corrected chi connectivity index (χ0v) is 38.3. The van der Waals surface area contributed by atoms with Crippen molar-refractivity contribution in [3.8, 4) is 0 Å². The van der Waals surface area contributed by atoms with Gasteiger partial charge in [-0.15, -0.1) is 0 Å². The van der Waals surface area contributed by atoms with Crippen LogP contribution in [0.3, 0.4) is 0 Å². The van der Waals surface area contributed by atoms with Crippen molar-refractivity contribution in [2.75, 3.05) is 13.2 Å². The van der Waals surface area contributed by atoms with Gasteiger partial charge in [-0.25, -0.2) is 0 Å². The Morgan fingerprint density at radius 1 is 0.362 bits per heavy atom. The molecule has 0 aliphatic rings. The molecule has 6 nitrogen and oxygen atoms in total. The molecule has 0 aliphatic heterocycles. The lowest BCUT2D eigenvalue weighted by atomic mass is 10.0. The first-order valence-electron chi connectivity index (χ1n) is 24.6. The lowest BCUT2D eigenvalue weighted by Gasteiger charge is -2.18. The molecule has 0 fully saturated rings. The molecule has 0 aliphatic carbocycles. The first-order chi connectivity index (χ1) is 28.5. The smallest absolute Gasteiger partial charge is 0.306 e. The van der Waals surface area contributed by atoms with Crippen molar-refractivity contribution in [3.63, 3.8) is 0 Å². The predicted octanol–water partition coefficient (Wildman–Crippen LogP) is 15.9. The summed E-state index contributed by atoms with van der Waals surface area (Å²) in [5, 5.41) is 0. The number of hydrogen-bond acceptors (Lipinski definition) is 6. The second-order valence-corrected chi connectivity index (χ2v) is 16.3. The molecule has 0 spiro atoms. The predicted molar refractivity (Wildman–Crippen MR) is 247 cm³/mol. The molecule has 0 bridgehead atoms. The number of carbonyl (C=O) groups is 3. The van der Waals surface area contributed by atoms with E-state index in [0.29, 0.717) is 19.3 Å². The molecular formula is C52H92O6. The van der Waals surface area contributed by atoms with Crippen LogP contribution in [0.15, 0.2) is 48.6 Å². The molecule has 1 atom stereocenters. The van der Waals surface area contributed by atoms with E-state index in [1.165, 1.54) is 116 Å². The molecular weight excluding hydrogens is 721 g/mol. The van der Waals surface area contributed by atoms with E-state index in [4.69, 9.17) is 14.2 Å². The van der Waals surface area contributed by atoms with Crippen molar-refractivity contribution in [3.05, 3.63) is 48.6 Å². The third-order valence-corrected chi connectivity index (χ3v) is 10.6. The Morgan fingerprint density at radius 2 is 0.672 bits per heavy atom. The molecule has 58 heavy (non-hydrogen) atoms. The van der Waals surface area contributed by atoms with E-state index >= 15 is 0 Å². The minimum Gasteiger partial charge on any atom is -0.462 e. The van der Waals surface area contributed by atoms with Gasteiger partial charge in [-0.3, -0.25) is 14.4 Å². The summed E-state index contributed by atoms with van der Waals surface area (Å²) in [4.78, 5) is 37.8. The minimum atomic E-state index is -0.787. The first kappa shape index (κ1) is 55.4.